The van der Waals surface area contributed by atoms with Crippen LogP contribution in [-0.4, -0.2) is 60.0 Å². The SMILES string of the molecule is CNC(=O)Cn1cc(-c2cnc3ccc(N(CCN)c4cc(OC)cc(OC)c4)cc3n2)cn1. The lowest BCUT2D eigenvalue weighted by atomic mass is 10.2. The van der Waals surface area contributed by atoms with Crippen LogP contribution in [0.1, 0.15) is 0 Å². The van der Waals surface area contributed by atoms with Crippen LogP contribution in [0.5, 0.6) is 11.5 Å². The van der Waals surface area contributed by atoms with Crippen molar-refractivity contribution in [3.05, 3.63) is 55.0 Å². The number of aromatic nitrogens is 4. The van der Waals surface area contributed by atoms with Crippen LogP contribution in [0, 0.1) is 0 Å². The number of rotatable bonds is 9. The summed E-state index contributed by atoms with van der Waals surface area (Å²) < 4.78 is 12.4. The molecule has 2 heterocycles. The maximum Gasteiger partial charge on any atom is 0.241 e. The molecule has 0 bridgehead atoms. The zero-order valence-electron chi connectivity index (χ0n) is 19.4. The fourth-order valence-electron chi connectivity index (χ4n) is 3.60. The predicted octanol–water partition coefficient (Wildman–Crippen LogP) is 2.35. The van der Waals surface area contributed by atoms with Gasteiger partial charge < -0.3 is 25.4 Å². The Morgan fingerprint density at radius 2 is 1.82 bits per heavy atom. The van der Waals surface area contributed by atoms with Crippen LogP contribution in [0.25, 0.3) is 22.3 Å². The molecule has 0 fully saturated rings. The van der Waals surface area contributed by atoms with Crippen molar-refractivity contribution in [1.82, 2.24) is 25.1 Å². The minimum Gasteiger partial charge on any atom is -0.497 e. The zero-order valence-corrected chi connectivity index (χ0v) is 19.4. The van der Waals surface area contributed by atoms with Crippen molar-refractivity contribution in [2.24, 2.45) is 5.73 Å². The quantitative estimate of drug-likeness (QED) is 0.390. The predicted molar refractivity (Wildman–Crippen MR) is 130 cm³/mol. The molecule has 0 aliphatic heterocycles. The van der Waals surface area contributed by atoms with Crippen molar-refractivity contribution in [3.63, 3.8) is 0 Å². The normalized spacial score (nSPS) is 10.8. The average Bonchev–Trinajstić information content (AvgIpc) is 3.34. The first-order chi connectivity index (χ1) is 16.5. The first-order valence-corrected chi connectivity index (χ1v) is 10.8. The molecule has 0 saturated heterocycles. The standard InChI is InChI=1S/C24H27N7O3/c1-26-24(32)15-30-14-16(12-28-30)23-13-27-21-5-4-17(10-22(21)29-23)31(7-6-25)18-8-19(33-2)11-20(9-18)34-3/h4-5,8-14H,6-7,15,25H2,1-3H3,(H,26,32). The number of hydrogen-bond donors (Lipinski definition) is 2. The lowest BCUT2D eigenvalue weighted by molar-refractivity contribution is -0.121. The molecule has 2 aromatic carbocycles. The first-order valence-electron chi connectivity index (χ1n) is 10.8. The van der Waals surface area contributed by atoms with E-state index < -0.39 is 0 Å². The van der Waals surface area contributed by atoms with Gasteiger partial charge in [0, 0.05) is 61.5 Å². The highest BCUT2D eigenvalue weighted by Gasteiger charge is 2.14. The molecule has 1 amide bonds. The van der Waals surface area contributed by atoms with Gasteiger partial charge in [-0.1, -0.05) is 0 Å². The summed E-state index contributed by atoms with van der Waals surface area (Å²) in [5, 5.41) is 6.83. The van der Waals surface area contributed by atoms with Crippen LogP contribution >= 0.6 is 0 Å². The number of amides is 1. The Morgan fingerprint density at radius 1 is 1.06 bits per heavy atom. The molecule has 0 radical (unpaired) electrons. The second kappa shape index (κ2) is 10.2. The zero-order chi connectivity index (χ0) is 24.1. The van der Waals surface area contributed by atoms with Gasteiger partial charge in [-0.2, -0.15) is 5.10 Å². The maximum atomic E-state index is 11.6. The van der Waals surface area contributed by atoms with Crippen LogP contribution in [0.2, 0.25) is 0 Å². The first kappa shape index (κ1) is 23.0. The van der Waals surface area contributed by atoms with Crippen molar-refractivity contribution < 1.29 is 14.3 Å². The summed E-state index contributed by atoms with van der Waals surface area (Å²) in [6.07, 6.45) is 5.15. The highest BCUT2D eigenvalue weighted by Crippen LogP contribution is 2.33. The number of carbonyl (C=O) groups is 1. The van der Waals surface area contributed by atoms with E-state index in [-0.39, 0.29) is 12.5 Å². The van der Waals surface area contributed by atoms with Crippen molar-refractivity contribution >= 4 is 28.3 Å². The lowest BCUT2D eigenvalue weighted by Gasteiger charge is -2.25. The monoisotopic (exact) mass is 461 g/mol. The van der Waals surface area contributed by atoms with Gasteiger partial charge in [-0.05, 0) is 18.2 Å². The molecule has 34 heavy (non-hydrogen) atoms. The third-order valence-corrected chi connectivity index (χ3v) is 5.35. The molecular weight excluding hydrogens is 434 g/mol. The molecule has 2 aromatic heterocycles. The molecular formula is C24H27N7O3. The van der Waals surface area contributed by atoms with E-state index >= 15 is 0 Å². The van der Waals surface area contributed by atoms with Gasteiger partial charge in [0.05, 0.1) is 43.3 Å². The number of benzene rings is 2. The Kier molecular flexibility index (Phi) is 6.88. The molecule has 176 valence electrons. The number of hydrogen-bond acceptors (Lipinski definition) is 8. The number of carbonyl (C=O) groups excluding carboxylic acids is 1. The molecule has 10 nitrogen and oxygen atoms in total. The van der Waals surface area contributed by atoms with Gasteiger partial charge in [0.25, 0.3) is 0 Å². The molecule has 3 N–H and O–H groups in total. The fourth-order valence-corrected chi connectivity index (χ4v) is 3.60. The molecule has 0 aliphatic rings. The van der Waals surface area contributed by atoms with Crippen LogP contribution < -0.4 is 25.4 Å². The lowest BCUT2D eigenvalue weighted by Crippen LogP contribution is -2.24. The summed E-state index contributed by atoms with van der Waals surface area (Å²) in [6, 6.07) is 11.6. The van der Waals surface area contributed by atoms with E-state index in [1.807, 2.05) is 36.4 Å². The summed E-state index contributed by atoms with van der Waals surface area (Å²) in [6.45, 7) is 1.18. The molecule has 0 saturated carbocycles. The van der Waals surface area contributed by atoms with Gasteiger partial charge >= 0.3 is 0 Å². The fraction of sp³-hybridized carbons (Fsp3) is 0.250. The number of ether oxygens (including phenoxy) is 2. The Balaban J connectivity index is 1.71. The van der Waals surface area contributed by atoms with E-state index in [9.17, 15) is 4.79 Å². The number of nitrogens with two attached hydrogens (primary N) is 1. The van der Waals surface area contributed by atoms with Gasteiger partial charge in [0.2, 0.25) is 5.91 Å². The molecule has 4 aromatic rings. The van der Waals surface area contributed by atoms with E-state index in [0.717, 1.165) is 28.0 Å². The third kappa shape index (κ3) is 4.91. The smallest absolute Gasteiger partial charge is 0.241 e. The molecule has 10 heteroatoms. The summed E-state index contributed by atoms with van der Waals surface area (Å²) in [4.78, 5) is 23.1. The largest absolute Gasteiger partial charge is 0.497 e. The number of nitrogens with one attached hydrogen (secondary N) is 1. The van der Waals surface area contributed by atoms with Gasteiger partial charge in [0.15, 0.2) is 0 Å². The molecule has 0 aliphatic carbocycles. The van der Waals surface area contributed by atoms with Crippen molar-refractivity contribution in [2.75, 3.05) is 39.3 Å². The van der Waals surface area contributed by atoms with E-state index in [0.29, 0.717) is 30.3 Å². The van der Waals surface area contributed by atoms with E-state index in [4.69, 9.17) is 20.2 Å². The second-order valence-corrected chi connectivity index (χ2v) is 7.54. The Morgan fingerprint density at radius 3 is 2.50 bits per heavy atom. The highest BCUT2D eigenvalue weighted by atomic mass is 16.5. The summed E-state index contributed by atoms with van der Waals surface area (Å²) in [5.74, 6) is 1.25. The molecule has 0 unspecified atom stereocenters. The Hall–Kier alpha value is -4.18. The summed E-state index contributed by atoms with van der Waals surface area (Å²) in [7, 11) is 4.83. The minimum absolute atomic E-state index is 0.127. The summed E-state index contributed by atoms with van der Waals surface area (Å²) >= 11 is 0. The minimum atomic E-state index is -0.127. The Labute approximate surface area is 197 Å². The number of nitrogens with zero attached hydrogens (tertiary/aromatic N) is 5. The van der Waals surface area contributed by atoms with Gasteiger partial charge in [0.1, 0.15) is 18.0 Å². The number of fused-ring (bicyclic) bond motifs is 1. The van der Waals surface area contributed by atoms with Crippen molar-refractivity contribution in [3.8, 4) is 22.8 Å². The van der Waals surface area contributed by atoms with Gasteiger partial charge in [-0.3, -0.25) is 14.5 Å². The maximum absolute atomic E-state index is 11.6. The number of methoxy groups -OCH3 is 2. The number of likely N-dealkylation sites (N-methyl/N-ethyl adjacent to an activating group) is 1. The van der Waals surface area contributed by atoms with E-state index in [2.05, 4.69) is 20.3 Å². The van der Waals surface area contributed by atoms with Crippen LogP contribution in [-0.2, 0) is 11.3 Å². The molecule has 0 atom stereocenters. The molecule has 4 rings (SSSR count). The third-order valence-electron chi connectivity index (χ3n) is 5.35. The van der Waals surface area contributed by atoms with E-state index in [1.165, 1.54) is 0 Å². The topological polar surface area (TPSA) is 120 Å². The van der Waals surface area contributed by atoms with E-state index in [1.54, 1.807) is 44.5 Å². The van der Waals surface area contributed by atoms with Crippen LogP contribution in [0.3, 0.4) is 0 Å². The highest BCUT2D eigenvalue weighted by molar-refractivity contribution is 5.83. The average molecular weight is 462 g/mol. The van der Waals surface area contributed by atoms with Crippen LogP contribution in [0.4, 0.5) is 11.4 Å². The Bertz CT molecular complexity index is 1280. The van der Waals surface area contributed by atoms with Gasteiger partial charge in [-0.25, -0.2) is 4.98 Å². The van der Waals surface area contributed by atoms with Gasteiger partial charge in [-0.15, -0.1) is 0 Å². The molecule has 0 spiro atoms. The summed E-state index contributed by atoms with van der Waals surface area (Å²) in [5.41, 5.74) is 10.7. The second-order valence-electron chi connectivity index (χ2n) is 7.54. The van der Waals surface area contributed by atoms with Crippen molar-refractivity contribution in [2.45, 2.75) is 6.54 Å². The van der Waals surface area contributed by atoms with Crippen LogP contribution in [0.15, 0.2) is 55.0 Å². The number of anilines is 2. The van der Waals surface area contributed by atoms with Crippen molar-refractivity contribution in [1.29, 1.82) is 0 Å².